The van der Waals surface area contributed by atoms with Crippen LogP contribution in [0, 0.1) is 0 Å². The lowest BCUT2D eigenvalue weighted by Crippen LogP contribution is -2.25. The molecule has 0 atom stereocenters. The van der Waals surface area contributed by atoms with Gasteiger partial charge in [-0.05, 0) is 23.8 Å². The van der Waals surface area contributed by atoms with Crippen molar-refractivity contribution < 1.29 is 9.59 Å². The predicted octanol–water partition coefficient (Wildman–Crippen LogP) is 3.44. The van der Waals surface area contributed by atoms with Crippen molar-refractivity contribution in [2.24, 2.45) is 0 Å². The van der Waals surface area contributed by atoms with Crippen LogP contribution in [0.1, 0.15) is 15.9 Å². The van der Waals surface area contributed by atoms with Gasteiger partial charge in [0.1, 0.15) is 0 Å². The van der Waals surface area contributed by atoms with Crippen molar-refractivity contribution in [3.63, 3.8) is 0 Å². The van der Waals surface area contributed by atoms with Crippen LogP contribution in [-0.4, -0.2) is 18.4 Å². The number of hydrogen-bond donors (Lipinski definition) is 2. The third-order valence-corrected chi connectivity index (χ3v) is 3.53. The Morgan fingerprint density at radius 2 is 1.78 bits per heavy atom. The van der Waals surface area contributed by atoms with Gasteiger partial charge >= 0.3 is 0 Å². The van der Waals surface area contributed by atoms with Crippen LogP contribution in [0.15, 0.2) is 61.2 Å². The minimum absolute atomic E-state index is 0.141. The van der Waals surface area contributed by atoms with Gasteiger partial charge in [0.25, 0.3) is 5.91 Å². The van der Waals surface area contributed by atoms with E-state index in [1.807, 2.05) is 12.1 Å². The van der Waals surface area contributed by atoms with Crippen LogP contribution in [0.5, 0.6) is 0 Å². The molecular weight excluding hydrogens is 312 g/mol. The molecule has 0 saturated carbocycles. The second-order valence-corrected chi connectivity index (χ2v) is 5.27. The highest BCUT2D eigenvalue weighted by atomic mass is 35.5. The molecule has 23 heavy (non-hydrogen) atoms. The summed E-state index contributed by atoms with van der Waals surface area (Å²) in [5.41, 5.74) is 1.60. The van der Waals surface area contributed by atoms with E-state index in [2.05, 4.69) is 17.2 Å². The maximum absolute atomic E-state index is 12.2. The molecule has 0 spiro atoms. The van der Waals surface area contributed by atoms with E-state index in [1.54, 1.807) is 42.5 Å². The summed E-state index contributed by atoms with van der Waals surface area (Å²) in [6.45, 7) is 3.92. The molecule has 0 saturated heterocycles. The summed E-state index contributed by atoms with van der Waals surface area (Å²) in [6.07, 6.45) is 1.73. The number of carbonyl (C=O) groups excluding carboxylic acids is 2. The van der Waals surface area contributed by atoms with Gasteiger partial charge in [-0.3, -0.25) is 9.59 Å². The Labute approximate surface area is 140 Å². The number of benzene rings is 2. The average Bonchev–Trinajstić information content (AvgIpc) is 2.55. The number of halogens is 1. The highest BCUT2D eigenvalue weighted by Crippen LogP contribution is 2.18. The van der Waals surface area contributed by atoms with Crippen molar-refractivity contribution >= 4 is 29.1 Å². The summed E-state index contributed by atoms with van der Waals surface area (Å²) in [4.78, 5) is 24.3. The first-order chi connectivity index (χ1) is 11.1. The second kappa shape index (κ2) is 8.15. The van der Waals surface area contributed by atoms with Crippen molar-refractivity contribution in [1.29, 1.82) is 0 Å². The van der Waals surface area contributed by atoms with Gasteiger partial charge in [0, 0.05) is 11.6 Å². The van der Waals surface area contributed by atoms with Crippen LogP contribution in [0.2, 0.25) is 5.02 Å². The SMILES string of the molecule is C=CCNC(=O)c1ccccc1NC(=O)Cc1ccccc1Cl. The smallest absolute Gasteiger partial charge is 0.253 e. The molecule has 0 aromatic heterocycles. The van der Waals surface area contributed by atoms with Crippen molar-refractivity contribution in [2.45, 2.75) is 6.42 Å². The Kier molecular flexibility index (Phi) is 5.94. The fraction of sp³-hybridized carbons (Fsp3) is 0.111. The first-order valence-corrected chi connectivity index (χ1v) is 7.51. The molecule has 2 amide bonds. The molecule has 2 rings (SSSR count). The maximum Gasteiger partial charge on any atom is 0.253 e. The molecular formula is C18H17ClN2O2. The quantitative estimate of drug-likeness (QED) is 0.798. The zero-order valence-corrected chi connectivity index (χ0v) is 13.3. The van der Waals surface area contributed by atoms with Gasteiger partial charge in [-0.15, -0.1) is 6.58 Å². The van der Waals surface area contributed by atoms with E-state index < -0.39 is 0 Å². The lowest BCUT2D eigenvalue weighted by molar-refractivity contribution is -0.115. The Hall–Kier alpha value is -2.59. The largest absolute Gasteiger partial charge is 0.349 e. The molecule has 0 aliphatic rings. The van der Waals surface area contributed by atoms with Crippen LogP contribution >= 0.6 is 11.6 Å². The number of amides is 2. The van der Waals surface area contributed by atoms with E-state index in [4.69, 9.17) is 11.6 Å². The molecule has 2 N–H and O–H groups in total. The van der Waals surface area contributed by atoms with Gasteiger partial charge in [-0.2, -0.15) is 0 Å². The summed E-state index contributed by atoms with van der Waals surface area (Å²) in [6, 6.07) is 14.0. The summed E-state index contributed by atoms with van der Waals surface area (Å²) in [5, 5.41) is 5.99. The highest BCUT2D eigenvalue weighted by Gasteiger charge is 2.13. The molecule has 2 aromatic carbocycles. The fourth-order valence-electron chi connectivity index (χ4n) is 2.06. The van der Waals surface area contributed by atoms with Crippen LogP contribution < -0.4 is 10.6 Å². The molecule has 0 bridgehead atoms. The molecule has 118 valence electrons. The molecule has 0 aliphatic carbocycles. The van der Waals surface area contributed by atoms with Crippen LogP contribution in [0.25, 0.3) is 0 Å². The number of anilines is 1. The first-order valence-electron chi connectivity index (χ1n) is 7.13. The number of rotatable bonds is 6. The normalized spacial score (nSPS) is 9.96. The van der Waals surface area contributed by atoms with Crippen LogP contribution in [0.4, 0.5) is 5.69 Å². The van der Waals surface area contributed by atoms with Crippen molar-refractivity contribution in [1.82, 2.24) is 5.32 Å². The third kappa shape index (κ3) is 4.69. The molecule has 0 fully saturated rings. The summed E-state index contributed by atoms with van der Waals surface area (Å²) < 4.78 is 0. The van der Waals surface area contributed by atoms with E-state index in [0.717, 1.165) is 5.56 Å². The standard InChI is InChI=1S/C18H17ClN2O2/c1-2-11-20-18(23)14-8-4-6-10-16(14)21-17(22)12-13-7-3-5-9-15(13)19/h2-10H,1,11-12H2,(H,20,23)(H,21,22). The van der Waals surface area contributed by atoms with Crippen molar-refractivity contribution in [3.8, 4) is 0 Å². The zero-order chi connectivity index (χ0) is 16.7. The maximum atomic E-state index is 12.2. The lowest BCUT2D eigenvalue weighted by Gasteiger charge is -2.11. The molecule has 2 aromatic rings. The Morgan fingerprint density at radius 1 is 1.09 bits per heavy atom. The Balaban J connectivity index is 2.10. The minimum atomic E-state index is -0.265. The monoisotopic (exact) mass is 328 g/mol. The van der Waals surface area contributed by atoms with Gasteiger partial charge in [0.15, 0.2) is 0 Å². The number of para-hydroxylation sites is 1. The molecule has 5 heteroatoms. The van der Waals surface area contributed by atoms with E-state index >= 15 is 0 Å². The van der Waals surface area contributed by atoms with Gasteiger partial charge in [0.05, 0.1) is 17.7 Å². The first kappa shape index (κ1) is 16.8. The topological polar surface area (TPSA) is 58.2 Å². The molecule has 0 radical (unpaired) electrons. The van der Waals surface area contributed by atoms with Gasteiger partial charge in [0.2, 0.25) is 5.91 Å². The molecule has 0 heterocycles. The highest BCUT2D eigenvalue weighted by molar-refractivity contribution is 6.31. The summed E-state index contributed by atoms with van der Waals surface area (Å²) in [7, 11) is 0. The van der Waals surface area contributed by atoms with E-state index in [1.165, 1.54) is 0 Å². The van der Waals surface area contributed by atoms with E-state index in [0.29, 0.717) is 22.8 Å². The summed E-state index contributed by atoms with van der Waals surface area (Å²) in [5.74, 6) is -0.499. The minimum Gasteiger partial charge on any atom is -0.349 e. The average molecular weight is 329 g/mol. The molecule has 0 aliphatic heterocycles. The van der Waals surface area contributed by atoms with E-state index in [-0.39, 0.29) is 18.2 Å². The third-order valence-electron chi connectivity index (χ3n) is 3.16. The van der Waals surface area contributed by atoms with Crippen molar-refractivity contribution in [2.75, 3.05) is 11.9 Å². The summed E-state index contributed by atoms with van der Waals surface area (Å²) >= 11 is 6.06. The zero-order valence-electron chi connectivity index (χ0n) is 12.5. The van der Waals surface area contributed by atoms with Gasteiger partial charge in [-0.25, -0.2) is 0 Å². The lowest BCUT2D eigenvalue weighted by atomic mass is 10.1. The second-order valence-electron chi connectivity index (χ2n) is 4.86. The van der Waals surface area contributed by atoms with Gasteiger partial charge < -0.3 is 10.6 Å². The van der Waals surface area contributed by atoms with Gasteiger partial charge in [-0.1, -0.05) is 48.0 Å². The number of carbonyl (C=O) groups is 2. The van der Waals surface area contributed by atoms with Crippen LogP contribution in [0.3, 0.4) is 0 Å². The molecule has 4 nitrogen and oxygen atoms in total. The Morgan fingerprint density at radius 3 is 2.52 bits per heavy atom. The fourth-order valence-corrected chi connectivity index (χ4v) is 2.26. The number of hydrogen-bond acceptors (Lipinski definition) is 2. The van der Waals surface area contributed by atoms with Crippen LogP contribution in [-0.2, 0) is 11.2 Å². The number of nitrogens with one attached hydrogen (secondary N) is 2. The van der Waals surface area contributed by atoms with Crippen molar-refractivity contribution in [3.05, 3.63) is 77.3 Å². The van der Waals surface area contributed by atoms with E-state index in [9.17, 15) is 9.59 Å². The predicted molar refractivity (Wildman–Crippen MR) is 92.8 cm³/mol. The molecule has 0 unspecified atom stereocenters. The Bertz CT molecular complexity index is 728.